The highest BCUT2D eigenvalue weighted by Gasteiger charge is 2.18. The molecule has 3 aromatic heterocycles. The number of hydrogen-bond acceptors (Lipinski definition) is 6. The van der Waals surface area contributed by atoms with Gasteiger partial charge in [0.2, 0.25) is 0 Å². The molecule has 3 heterocycles. The smallest absolute Gasteiger partial charge is 0.149 e. The summed E-state index contributed by atoms with van der Waals surface area (Å²) in [7, 11) is 3.37. The maximum atomic E-state index is 5.67. The number of aromatic nitrogens is 4. The number of imidazole rings is 1. The Morgan fingerprint density at radius 2 is 2.08 bits per heavy atom. The van der Waals surface area contributed by atoms with Gasteiger partial charge in [-0.15, -0.1) is 10.2 Å². The van der Waals surface area contributed by atoms with Crippen LogP contribution in [0.4, 0.5) is 0 Å². The van der Waals surface area contributed by atoms with E-state index in [1.54, 1.807) is 31.8 Å². The first kappa shape index (κ1) is 16.7. The van der Waals surface area contributed by atoms with Crippen molar-refractivity contribution < 1.29 is 9.47 Å². The summed E-state index contributed by atoms with van der Waals surface area (Å²) in [4.78, 5) is 4.26. The normalized spacial score (nSPS) is 12.4. The number of fused-ring (bicyclic) bond motifs is 1. The first-order valence-electron chi connectivity index (χ1n) is 8.19. The molecule has 0 aliphatic heterocycles. The first-order valence-corrected chi connectivity index (χ1v) is 9.00. The molecule has 4 aromatic rings. The molecule has 0 saturated heterocycles. The molecule has 0 N–H and O–H groups in total. The second-order valence-electron chi connectivity index (χ2n) is 5.84. The summed E-state index contributed by atoms with van der Waals surface area (Å²) in [6, 6.07) is 12.0. The van der Waals surface area contributed by atoms with Crippen LogP contribution in [0.5, 0.6) is 5.75 Å². The first-order chi connectivity index (χ1) is 12.8. The van der Waals surface area contributed by atoms with Crippen LogP contribution in [0.2, 0.25) is 0 Å². The molecule has 0 radical (unpaired) electrons. The summed E-state index contributed by atoms with van der Waals surface area (Å²) in [6.07, 6.45) is 6.27. The van der Waals surface area contributed by atoms with Gasteiger partial charge in [0.05, 0.1) is 7.11 Å². The monoisotopic (exact) mass is 366 g/mol. The van der Waals surface area contributed by atoms with Crippen LogP contribution in [0.3, 0.4) is 0 Å². The predicted octanol–water partition coefficient (Wildman–Crippen LogP) is 3.79. The highest BCUT2D eigenvalue weighted by atomic mass is 32.1. The average Bonchev–Trinajstić information content (AvgIpc) is 3.35. The molecule has 6 nitrogen and oxygen atoms in total. The van der Waals surface area contributed by atoms with Gasteiger partial charge in [-0.1, -0.05) is 23.5 Å². The van der Waals surface area contributed by atoms with E-state index in [0.29, 0.717) is 6.42 Å². The van der Waals surface area contributed by atoms with E-state index in [2.05, 4.69) is 21.2 Å². The van der Waals surface area contributed by atoms with Crippen molar-refractivity contribution in [1.82, 2.24) is 19.6 Å². The fraction of sp³-hybridized carbons (Fsp3) is 0.211. The number of ether oxygens (including phenoxy) is 2. The molecule has 4 rings (SSSR count). The average molecular weight is 366 g/mol. The van der Waals surface area contributed by atoms with Gasteiger partial charge in [0.1, 0.15) is 27.5 Å². The van der Waals surface area contributed by atoms with Crippen molar-refractivity contribution in [2.24, 2.45) is 0 Å². The molecule has 1 unspecified atom stereocenters. The lowest BCUT2D eigenvalue weighted by Gasteiger charge is -2.12. The van der Waals surface area contributed by atoms with Crippen molar-refractivity contribution in [3.63, 3.8) is 0 Å². The van der Waals surface area contributed by atoms with Gasteiger partial charge >= 0.3 is 0 Å². The van der Waals surface area contributed by atoms with Crippen molar-refractivity contribution in [2.75, 3.05) is 14.2 Å². The Labute approximate surface area is 155 Å². The van der Waals surface area contributed by atoms with E-state index in [9.17, 15) is 0 Å². The molecule has 26 heavy (non-hydrogen) atoms. The van der Waals surface area contributed by atoms with Crippen molar-refractivity contribution >= 4 is 17.0 Å². The van der Waals surface area contributed by atoms with Gasteiger partial charge in [-0.2, -0.15) is 0 Å². The maximum Gasteiger partial charge on any atom is 0.149 e. The van der Waals surface area contributed by atoms with E-state index in [4.69, 9.17) is 9.47 Å². The number of rotatable bonds is 6. The van der Waals surface area contributed by atoms with Crippen molar-refractivity contribution in [2.45, 2.75) is 12.5 Å². The van der Waals surface area contributed by atoms with Crippen LogP contribution >= 0.6 is 11.3 Å². The third-order valence-electron chi connectivity index (χ3n) is 4.19. The lowest BCUT2D eigenvalue weighted by Crippen LogP contribution is -2.05. The van der Waals surface area contributed by atoms with Gasteiger partial charge in [-0.05, 0) is 29.8 Å². The van der Waals surface area contributed by atoms with E-state index >= 15 is 0 Å². The van der Waals surface area contributed by atoms with Crippen LogP contribution in [0, 0.1) is 0 Å². The van der Waals surface area contributed by atoms with Crippen LogP contribution in [-0.4, -0.2) is 33.8 Å². The molecule has 1 atom stereocenters. The van der Waals surface area contributed by atoms with Crippen LogP contribution in [0.15, 0.2) is 55.0 Å². The Hall–Kier alpha value is -2.77. The topological polar surface area (TPSA) is 61.5 Å². The zero-order valence-corrected chi connectivity index (χ0v) is 15.3. The van der Waals surface area contributed by atoms with Gasteiger partial charge in [-0.3, -0.25) is 0 Å². The van der Waals surface area contributed by atoms with Gasteiger partial charge in [-0.25, -0.2) is 4.98 Å². The standard InChI is InChI=1S/C19H18N4O2S/c1-24-15-5-3-4-13(10-15)11-16(25-2)19-22-21-18(26-19)14-6-7-17-20-8-9-23(17)12-14/h3-10,12,16H,11H2,1-2H3. The maximum absolute atomic E-state index is 5.67. The minimum atomic E-state index is -0.148. The summed E-state index contributed by atoms with van der Waals surface area (Å²) in [5.74, 6) is 0.837. The van der Waals surface area contributed by atoms with Crippen LogP contribution in [-0.2, 0) is 11.2 Å². The largest absolute Gasteiger partial charge is 0.497 e. The SMILES string of the molecule is COc1cccc(CC(OC)c2nnc(-c3ccc4nccn4c3)s2)c1. The molecule has 132 valence electrons. The van der Waals surface area contributed by atoms with E-state index in [-0.39, 0.29) is 6.10 Å². The Kier molecular flexibility index (Phi) is 4.64. The highest BCUT2D eigenvalue weighted by Crippen LogP contribution is 2.30. The lowest BCUT2D eigenvalue weighted by atomic mass is 10.1. The molecule has 0 spiro atoms. The minimum absolute atomic E-state index is 0.148. The van der Waals surface area contributed by atoms with E-state index in [1.807, 2.05) is 47.1 Å². The van der Waals surface area contributed by atoms with Gasteiger partial charge in [0, 0.05) is 37.7 Å². The van der Waals surface area contributed by atoms with Crippen LogP contribution in [0.1, 0.15) is 16.7 Å². The number of pyridine rings is 1. The number of methoxy groups -OCH3 is 2. The molecule has 7 heteroatoms. The molecule has 1 aromatic carbocycles. The lowest BCUT2D eigenvalue weighted by molar-refractivity contribution is 0.103. The Morgan fingerprint density at radius 3 is 2.92 bits per heavy atom. The summed E-state index contributed by atoms with van der Waals surface area (Å²) in [5, 5.41) is 10.4. The van der Waals surface area contributed by atoms with Crippen molar-refractivity contribution in [3.8, 4) is 16.3 Å². The van der Waals surface area contributed by atoms with Crippen LogP contribution in [0.25, 0.3) is 16.2 Å². The molecule has 0 aliphatic carbocycles. The molecular weight excluding hydrogens is 348 g/mol. The number of hydrogen-bond donors (Lipinski definition) is 0. The van der Waals surface area contributed by atoms with E-state index in [1.165, 1.54) is 0 Å². The fourth-order valence-corrected chi connectivity index (χ4v) is 3.72. The minimum Gasteiger partial charge on any atom is -0.497 e. The summed E-state index contributed by atoms with van der Waals surface area (Å²) < 4.78 is 12.9. The predicted molar refractivity (Wildman–Crippen MR) is 101 cm³/mol. The molecule has 0 amide bonds. The Morgan fingerprint density at radius 1 is 1.15 bits per heavy atom. The molecule has 0 fully saturated rings. The van der Waals surface area contributed by atoms with E-state index < -0.39 is 0 Å². The fourth-order valence-electron chi connectivity index (χ4n) is 2.81. The van der Waals surface area contributed by atoms with Crippen molar-refractivity contribution in [3.05, 3.63) is 65.6 Å². The molecule has 0 bridgehead atoms. The Balaban J connectivity index is 1.58. The third-order valence-corrected chi connectivity index (χ3v) is 5.26. The third kappa shape index (κ3) is 3.31. The number of nitrogens with zero attached hydrogens (tertiary/aromatic N) is 4. The second-order valence-corrected chi connectivity index (χ2v) is 6.85. The number of benzene rings is 1. The summed E-state index contributed by atoms with van der Waals surface area (Å²) >= 11 is 1.55. The van der Waals surface area contributed by atoms with Gasteiger partial charge in [0.25, 0.3) is 0 Å². The molecule has 0 aliphatic rings. The summed E-state index contributed by atoms with van der Waals surface area (Å²) in [5.41, 5.74) is 3.05. The Bertz CT molecular complexity index is 1030. The van der Waals surface area contributed by atoms with Gasteiger partial charge in [0.15, 0.2) is 0 Å². The molecular formula is C19H18N4O2S. The van der Waals surface area contributed by atoms with Crippen LogP contribution < -0.4 is 4.74 Å². The zero-order chi connectivity index (χ0) is 17.9. The van der Waals surface area contributed by atoms with E-state index in [0.717, 1.165) is 32.5 Å². The molecule has 0 saturated carbocycles. The van der Waals surface area contributed by atoms with Gasteiger partial charge < -0.3 is 13.9 Å². The zero-order valence-electron chi connectivity index (χ0n) is 14.5. The highest BCUT2D eigenvalue weighted by molar-refractivity contribution is 7.14. The summed E-state index contributed by atoms with van der Waals surface area (Å²) in [6.45, 7) is 0. The van der Waals surface area contributed by atoms with Crippen molar-refractivity contribution in [1.29, 1.82) is 0 Å². The second kappa shape index (κ2) is 7.23. The quantitative estimate of drug-likeness (QED) is 0.519.